The molecule has 4 rings (SSSR count). The van der Waals surface area contributed by atoms with Crippen molar-refractivity contribution < 1.29 is 14.7 Å². The summed E-state index contributed by atoms with van der Waals surface area (Å²) >= 11 is 9.16. The molecule has 0 saturated heterocycles. The maximum atomic E-state index is 13.0. The number of carbonyl (C=O) groups excluding carboxylic acids is 1. The van der Waals surface area contributed by atoms with Gasteiger partial charge in [-0.2, -0.15) is 11.3 Å². The molecule has 26 heavy (non-hydrogen) atoms. The molecule has 1 unspecified atom stereocenters. The Morgan fingerprint density at radius 2 is 2.12 bits per heavy atom. The molecule has 1 aliphatic rings. The summed E-state index contributed by atoms with van der Waals surface area (Å²) in [6.45, 7) is 0.376. The van der Waals surface area contributed by atoms with E-state index >= 15 is 0 Å². The van der Waals surface area contributed by atoms with Gasteiger partial charge in [0.2, 0.25) is 0 Å². The van der Waals surface area contributed by atoms with Gasteiger partial charge in [-0.15, -0.1) is 11.3 Å². The minimum atomic E-state index is -0.888. The number of hydrogen-bond acceptors (Lipinski definition) is 5. The number of aliphatic carboxylic acids is 1. The minimum Gasteiger partial charge on any atom is -0.481 e. The van der Waals surface area contributed by atoms with E-state index in [0.29, 0.717) is 17.1 Å². The van der Waals surface area contributed by atoms with Crippen molar-refractivity contribution in [1.82, 2.24) is 10.0 Å². The predicted octanol–water partition coefficient (Wildman–Crippen LogP) is 4.63. The molecule has 2 aromatic heterocycles. The SMILES string of the molecule is CN1C(CC(=O)O)c2cscc2C(=O)N1Cc1csc2ccc(Cl)cc12. The second-order valence-electron chi connectivity index (χ2n) is 6.19. The van der Waals surface area contributed by atoms with Crippen LogP contribution in [0.4, 0.5) is 0 Å². The van der Waals surface area contributed by atoms with Crippen LogP contribution in [-0.2, 0) is 11.3 Å². The summed E-state index contributed by atoms with van der Waals surface area (Å²) in [5, 5.41) is 20.0. The van der Waals surface area contributed by atoms with Gasteiger partial charge in [-0.1, -0.05) is 11.6 Å². The zero-order valence-corrected chi connectivity index (χ0v) is 16.2. The molecule has 1 atom stereocenters. The number of hydrazine groups is 1. The highest BCUT2D eigenvalue weighted by Gasteiger charge is 2.37. The third-order valence-electron chi connectivity index (χ3n) is 4.65. The number of fused-ring (bicyclic) bond motifs is 2. The Morgan fingerprint density at radius 1 is 1.31 bits per heavy atom. The Hall–Kier alpha value is -1.93. The highest BCUT2D eigenvalue weighted by Crippen LogP contribution is 2.38. The fraction of sp³-hybridized carbons (Fsp3) is 0.222. The fourth-order valence-corrected chi connectivity index (χ4v) is 5.30. The van der Waals surface area contributed by atoms with Crippen molar-refractivity contribution in [2.45, 2.75) is 19.0 Å². The van der Waals surface area contributed by atoms with Crippen LogP contribution in [0.25, 0.3) is 10.1 Å². The molecule has 134 valence electrons. The van der Waals surface area contributed by atoms with Crippen molar-refractivity contribution >= 4 is 56.2 Å². The molecule has 1 amide bonds. The Bertz CT molecular complexity index is 1010. The smallest absolute Gasteiger partial charge is 0.305 e. The molecule has 0 aliphatic carbocycles. The highest BCUT2D eigenvalue weighted by atomic mass is 35.5. The van der Waals surface area contributed by atoms with Gasteiger partial charge in [0, 0.05) is 22.2 Å². The summed E-state index contributed by atoms with van der Waals surface area (Å²) in [5.74, 6) is -0.993. The second kappa shape index (κ2) is 6.66. The molecule has 0 fully saturated rings. The summed E-state index contributed by atoms with van der Waals surface area (Å²) in [6, 6.07) is 5.36. The lowest BCUT2D eigenvalue weighted by atomic mass is 9.99. The molecule has 1 N–H and O–H groups in total. The highest BCUT2D eigenvalue weighted by molar-refractivity contribution is 7.17. The van der Waals surface area contributed by atoms with Crippen LogP contribution in [0.15, 0.2) is 34.3 Å². The molecule has 3 heterocycles. The van der Waals surface area contributed by atoms with Crippen LogP contribution < -0.4 is 0 Å². The number of carboxylic acid groups (broad SMARTS) is 1. The topological polar surface area (TPSA) is 60.9 Å². The molecule has 0 radical (unpaired) electrons. The van der Waals surface area contributed by atoms with Gasteiger partial charge in [-0.05, 0) is 45.5 Å². The average Bonchev–Trinajstić information content (AvgIpc) is 3.22. The molecular formula is C18H15ClN2O3S2. The Labute approximate surface area is 163 Å². The number of carbonyl (C=O) groups is 2. The summed E-state index contributed by atoms with van der Waals surface area (Å²) < 4.78 is 1.11. The lowest BCUT2D eigenvalue weighted by molar-refractivity contribution is -0.140. The van der Waals surface area contributed by atoms with Gasteiger partial charge in [-0.25, -0.2) is 5.01 Å². The van der Waals surface area contributed by atoms with Gasteiger partial charge in [0.05, 0.1) is 24.6 Å². The van der Waals surface area contributed by atoms with Gasteiger partial charge < -0.3 is 5.11 Å². The number of benzene rings is 1. The van der Waals surface area contributed by atoms with Crippen molar-refractivity contribution in [2.24, 2.45) is 0 Å². The maximum absolute atomic E-state index is 13.0. The summed E-state index contributed by atoms with van der Waals surface area (Å²) in [4.78, 5) is 24.3. The number of rotatable bonds is 4. The Balaban J connectivity index is 1.72. The Kier molecular flexibility index (Phi) is 4.48. The lowest BCUT2D eigenvalue weighted by Gasteiger charge is -2.41. The van der Waals surface area contributed by atoms with Crippen LogP contribution in [0.3, 0.4) is 0 Å². The molecule has 0 bridgehead atoms. The van der Waals surface area contributed by atoms with Gasteiger partial charge in [0.25, 0.3) is 5.91 Å². The zero-order valence-electron chi connectivity index (χ0n) is 13.8. The van der Waals surface area contributed by atoms with Crippen LogP contribution in [0.1, 0.15) is 33.9 Å². The van der Waals surface area contributed by atoms with E-state index in [4.69, 9.17) is 11.6 Å². The van der Waals surface area contributed by atoms with Crippen molar-refractivity contribution in [2.75, 3.05) is 7.05 Å². The third kappa shape index (κ3) is 2.91. The fourth-order valence-electron chi connectivity index (χ4n) is 3.32. The van der Waals surface area contributed by atoms with E-state index in [2.05, 4.69) is 0 Å². The molecule has 8 heteroatoms. The molecule has 0 spiro atoms. The number of nitrogens with zero attached hydrogens (tertiary/aromatic N) is 2. The molecule has 1 aromatic carbocycles. The van der Waals surface area contributed by atoms with E-state index in [1.54, 1.807) is 33.8 Å². The lowest BCUT2D eigenvalue weighted by Crippen LogP contribution is -2.49. The van der Waals surface area contributed by atoms with Gasteiger partial charge in [0.1, 0.15) is 0 Å². The quantitative estimate of drug-likeness (QED) is 0.685. The third-order valence-corrected chi connectivity index (χ3v) is 6.66. The Morgan fingerprint density at radius 3 is 2.88 bits per heavy atom. The summed E-state index contributed by atoms with van der Waals surface area (Å²) in [5.41, 5.74) is 2.39. The standard InChI is InChI=1S/C18H15ClN2O3S2/c1-20-15(5-17(22)23)13-8-25-9-14(13)18(24)21(20)6-10-7-26-16-3-2-11(19)4-12(10)16/h2-4,7-9,15H,5-6H2,1H3,(H,22,23). The van der Waals surface area contributed by atoms with Gasteiger partial charge >= 0.3 is 5.97 Å². The average molecular weight is 407 g/mol. The number of thiophene rings is 2. The predicted molar refractivity (Wildman–Crippen MR) is 104 cm³/mol. The van der Waals surface area contributed by atoms with E-state index in [1.165, 1.54) is 11.3 Å². The van der Waals surface area contributed by atoms with Crippen LogP contribution in [0, 0.1) is 0 Å². The van der Waals surface area contributed by atoms with Crippen molar-refractivity contribution in [3.63, 3.8) is 0 Å². The largest absolute Gasteiger partial charge is 0.481 e. The number of halogens is 1. The number of amides is 1. The number of hydrogen-bond donors (Lipinski definition) is 1. The van der Waals surface area contributed by atoms with E-state index in [0.717, 1.165) is 21.2 Å². The molecule has 3 aromatic rings. The van der Waals surface area contributed by atoms with Gasteiger partial charge in [0.15, 0.2) is 0 Å². The second-order valence-corrected chi connectivity index (χ2v) is 8.28. The first-order chi connectivity index (χ1) is 12.5. The van der Waals surface area contributed by atoms with Crippen molar-refractivity contribution in [3.05, 3.63) is 56.1 Å². The summed E-state index contributed by atoms with van der Waals surface area (Å²) in [6.07, 6.45) is -0.0553. The first-order valence-electron chi connectivity index (χ1n) is 7.94. The van der Waals surface area contributed by atoms with E-state index in [9.17, 15) is 14.7 Å². The first kappa shape index (κ1) is 17.5. The van der Waals surface area contributed by atoms with Crippen LogP contribution in [-0.4, -0.2) is 34.0 Å². The van der Waals surface area contributed by atoms with E-state index in [-0.39, 0.29) is 18.4 Å². The molecular weight excluding hydrogens is 392 g/mol. The number of carboxylic acids is 1. The molecule has 0 saturated carbocycles. The normalized spacial score (nSPS) is 17.7. The summed E-state index contributed by atoms with van der Waals surface area (Å²) in [7, 11) is 1.77. The van der Waals surface area contributed by atoms with Crippen LogP contribution in [0.5, 0.6) is 0 Å². The van der Waals surface area contributed by atoms with Gasteiger partial charge in [-0.3, -0.25) is 14.6 Å². The molecule has 5 nitrogen and oxygen atoms in total. The van der Waals surface area contributed by atoms with E-state index in [1.807, 2.05) is 29.0 Å². The van der Waals surface area contributed by atoms with Crippen molar-refractivity contribution in [1.29, 1.82) is 0 Å². The van der Waals surface area contributed by atoms with Crippen LogP contribution >= 0.6 is 34.3 Å². The monoisotopic (exact) mass is 406 g/mol. The molecule has 1 aliphatic heterocycles. The van der Waals surface area contributed by atoms with Crippen LogP contribution in [0.2, 0.25) is 5.02 Å². The van der Waals surface area contributed by atoms with E-state index < -0.39 is 5.97 Å². The van der Waals surface area contributed by atoms with Crippen molar-refractivity contribution in [3.8, 4) is 0 Å². The minimum absolute atomic E-state index is 0.0553. The zero-order chi connectivity index (χ0) is 18.4. The maximum Gasteiger partial charge on any atom is 0.305 e. The first-order valence-corrected chi connectivity index (χ1v) is 10.1.